The standard InChI is InChI=1S/C19H27N3O3/c1-15(2)14-22-18(24)20(3)17(23)19(22)8-11-21(12-9-19)10-4-6-16-7-5-13-25-16/h4-7,13,15H,8-12,14H2,1-3H3. The van der Waals surface area contributed by atoms with Gasteiger partial charge < -0.3 is 9.32 Å². The Labute approximate surface area is 149 Å². The Balaban J connectivity index is 1.64. The smallest absolute Gasteiger partial charge is 0.327 e. The van der Waals surface area contributed by atoms with Crippen molar-refractivity contribution in [2.45, 2.75) is 32.2 Å². The maximum Gasteiger partial charge on any atom is 0.327 e. The summed E-state index contributed by atoms with van der Waals surface area (Å²) < 4.78 is 5.29. The third-order valence-corrected chi connectivity index (χ3v) is 5.16. The molecular weight excluding hydrogens is 318 g/mol. The van der Waals surface area contributed by atoms with E-state index in [-0.39, 0.29) is 11.9 Å². The van der Waals surface area contributed by atoms with Gasteiger partial charge in [-0.3, -0.25) is 14.6 Å². The molecule has 6 nitrogen and oxygen atoms in total. The molecule has 0 aliphatic carbocycles. The maximum absolute atomic E-state index is 12.8. The molecule has 1 spiro atoms. The summed E-state index contributed by atoms with van der Waals surface area (Å²) in [5.41, 5.74) is -0.642. The van der Waals surface area contributed by atoms with Crippen molar-refractivity contribution in [2.75, 3.05) is 33.2 Å². The molecule has 2 aliphatic heterocycles. The van der Waals surface area contributed by atoms with E-state index in [2.05, 4.69) is 24.8 Å². The molecule has 2 aliphatic rings. The van der Waals surface area contributed by atoms with Gasteiger partial charge in [0.1, 0.15) is 11.3 Å². The lowest BCUT2D eigenvalue weighted by Gasteiger charge is -2.42. The fourth-order valence-electron chi connectivity index (χ4n) is 3.79. The third-order valence-electron chi connectivity index (χ3n) is 5.16. The topological polar surface area (TPSA) is 57.0 Å². The Kier molecular flexibility index (Phi) is 4.99. The number of piperidine rings is 1. The molecule has 25 heavy (non-hydrogen) atoms. The lowest BCUT2D eigenvalue weighted by Crippen LogP contribution is -2.57. The number of urea groups is 1. The summed E-state index contributed by atoms with van der Waals surface area (Å²) >= 11 is 0. The normalized spacial score (nSPS) is 21.4. The Bertz CT molecular complexity index is 643. The van der Waals surface area contributed by atoms with Crippen LogP contribution in [0.15, 0.2) is 28.9 Å². The van der Waals surface area contributed by atoms with Crippen LogP contribution in [0.2, 0.25) is 0 Å². The van der Waals surface area contributed by atoms with Gasteiger partial charge in [0, 0.05) is 33.2 Å². The average Bonchev–Trinajstić information content (AvgIpc) is 3.16. The van der Waals surface area contributed by atoms with Crippen molar-refractivity contribution in [3.63, 3.8) is 0 Å². The fourth-order valence-corrected chi connectivity index (χ4v) is 3.79. The van der Waals surface area contributed by atoms with E-state index >= 15 is 0 Å². The van der Waals surface area contributed by atoms with Gasteiger partial charge in [0.15, 0.2) is 0 Å². The molecule has 0 unspecified atom stereocenters. The van der Waals surface area contributed by atoms with Crippen molar-refractivity contribution in [3.05, 3.63) is 30.2 Å². The van der Waals surface area contributed by atoms with Crippen molar-refractivity contribution >= 4 is 18.0 Å². The van der Waals surface area contributed by atoms with Crippen LogP contribution >= 0.6 is 0 Å². The van der Waals surface area contributed by atoms with Gasteiger partial charge in [-0.2, -0.15) is 0 Å². The number of likely N-dealkylation sites (N-methyl/N-ethyl adjacent to an activating group) is 1. The molecule has 0 saturated carbocycles. The van der Waals surface area contributed by atoms with Crippen molar-refractivity contribution in [1.82, 2.24) is 14.7 Å². The summed E-state index contributed by atoms with van der Waals surface area (Å²) in [6, 6.07) is 3.64. The molecule has 1 aromatic rings. The SMILES string of the molecule is CC(C)CN1C(=O)N(C)C(=O)C12CCN(CC=Cc1ccco1)CC2. The highest BCUT2D eigenvalue weighted by Gasteiger charge is 2.56. The zero-order chi connectivity index (χ0) is 18.0. The number of carbonyl (C=O) groups is 2. The Hall–Kier alpha value is -2.08. The first kappa shape index (κ1) is 17.7. The van der Waals surface area contributed by atoms with Gasteiger partial charge in [0.2, 0.25) is 0 Å². The zero-order valence-corrected chi connectivity index (χ0v) is 15.3. The van der Waals surface area contributed by atoms with Crippen LogP contribution in [0, 0.1) is 5.92 Å². The molecule has 0 radical (unpaired) electrons. The second-order valence-electron chi connectivity index (χ2n) is 7.40. The van der Waals surface area contributed by atoms with Crippen LogP contribution in [0.1, 0.15) is 32.4 Å². The number of amides is 3. The molecule has 2 fully saturated rings. The number of carbonyl (C=O) groups excluding carboxylic acids is 2. The van der Waals surface area contributed by atoms with Gasteiger partial charge in [-0.25, -0.2) is 4.79 Å². The number of hydrogen-bond donors (Lipinski definition) is 0. The molecule has 3 amide bonds. The zero-order valence-electron chi connectivity index (χ0n) is 15.3. The molecule has 2 saturated heterocycles. The summed E-state index contributed by atoms with van der Waals surface area (Å²) in [5, 5.41) is 0. The Morgan fingerprint density at radius 3 is 2.60 bits per heavy atom. The average molecular weight is 345 g/mol. The van der Waals surface area contributed by atoms with E-state index in [1.807, 2.05) is 23.1 Å². The molecule has 0 bridgehead atoms. The number of rotatable bonds is 5. The quantitative estimate of drug-likeness (QED) is 0.770. The van der Waals surface area contributed by atoms with Crippen LogP contribution in [0.5, 0.6) is 0 Å². The third kappa shape index (κ3) is 3.35. The van der Waals surface area contributed by atoms with Crippen molar-refractivity contribution in [3.8, 4) is 0 Å². The van der Waals surface area contributed by atoms with Gasteiger partial charge in [-0.05, 0) is 37.0 Å². The Morgan fingerprint density at radius 1 is 1.28 bits per heavy atom. The van der Waals surface area contributed by atoms with Crippen molar-refractivity contribution in [2.24, 2.45) is 5.92 Å². The molecule has 0 atom stereocenters. The van der Waals surface area contributed by atoms with E-state index in [0.717, 1.165) is 25.4 Å². The molecule has 3 rings (SSSR count). The number of furan rings is 1. The predicted molar refractivity (Wildman–Crippen MR) is 95.9 cm³/mol. The van der Waals surface area contributed by atoms with Crippen LogP contribution in [-0.4, -0.2) is 65.4 Å². The van der Waals surface area contributed by atoms with Crippen LogP contribution in [0.4, 0.5) is 4.79 Å². The van der Waals surface area contributed by atoms with Crippen LogP contribution in [-0.2, 0) is 4.79 Å². The highest BCUT2D eigenvalue weighted by atomic mass is 16.3. The number of hydrogen-bond acceptors (Lipinski definition) is 4. The largest absolute Gasteiger partial charge is 0.465 e. The summed E-state index contributed by atoms with van der Waals surface area (Å²) in [6.07, 6.45) is 7.10. The summed E-state index contributed by atoms with van der Waals surface area (Å²) in [5.74, 6) is 1.15. The van der Waals surface area contributed by atoms with Crippen molar-refractivity contribution in [1.29, 1.82) is 0 Å². The fraction of sp³-hybridized carbons (Fsp3) is 0.579. The molecule has 136 valence electrons. The second-order valence-corrected chi connectivity index (χ2v) is 7.40. The van der Waals surface area contributed by atoms with E-state index in [1.165, 1.54) is 4.90 Å². The predicted octanol–water partition coefficient (Wildman–Crippen LogP) is 2.68. The molecule has 3 heterocycles. The Morgan fingerprint density at radius 2 is 2.00 bits per heavy atom. The molecule has 0 N–H and O–H groups in total. The lowest BCUT2D eigenvalue weighted by atomic mass is 9.85. The minimum Gasteiger partial charge on any atom is -0.465 e. The van der Waals surface area contributed by atoms with Gasteiger partial charge in [-0.1, -0.05) is 19.9 Å². The van der Waals surface area contributed by atoms with Gasteiger partial charge in [0.25, 0.3) is 5.91 Å². The molecule has 6 heteroatoms. The number of likely N-dealkylation sites (tertiary alicyclic amines) is 1. The first-order chi connectivity index (χ1) is 11.9. The molecular formula is C19H27N3O3. The minimum absolute atomic E-state index is 0.0380. The van der Waals surface area contributed by atoms with E-state index in [9.17, 15) is 9.59 Å². The van der Waals surface area contributed by atoms with E-state index in [1.54, 1.807) is 13.3 Å². The summed E-state index contributed by atoms with van der Waals surface area (Å²) in [6.45, 7) is 7.23. The summed E-state index contributed by atoms with van der Waals surface area (Å²) in [7, 11) is 1.60. The van der Waals surface area contributed by atoms with E-state index in [0.29, 0.717) is 25.3 Å². The summed E-state index contributed by atoms with van der Waals surface area (Å²) in [4.78, 5) is 30.7. The maximum atomic E-state index is 12.8. The van der Waals surface area contributed by atoms with Crippen LogP contribution < -0.4 is 0 Å². The first-order valence-electron chi connectivity index (χ1n) is 8.96. The van der Waals surface area contributed by atoms with Crippen LogP contribution in [0.3, 0.4) is 0 Å². The second kappa shape index (κ2) is 7.04. The minimum atomic E-state index is -0.642. The van der Waals surface area contributed by atoms with E-state index < -0.39 is 5.54 Å². The highest BCUT2D eigenvalue weighted by molar-refractivity contribution is 6.06. The van der Waals surface area contributed by atoms with Gasteiger partial charge >= 0.3 is 6.03 Å². The first-order valence-corrected chi connectivity index (χ1v) is 8.96. The molecule has 1 aromatic heterocycles. The molecule has 0 aromatic carbocycles. The highest BCUT2D eigenvalue weighted by Crippen LogP contribution is 2.37. The number of imide groups is 1. The van der Waals surface area contributed by atoms with Crippen LogP contribution in [0.25, 0.3) is 6.08 Å². The van der Waals surface area contributed by atoms with Gasteiger partial charge in [-0.15, -0.1) is 0 Å². The monoisotopic (exact) mass is 345 g/mol. The lowest BCUT2D eigenvalue weighted by molar-refractivity contribution is -0.134. The van der Waals surface area contributed by atoms with E-state index in [4.69, 9.17) is 4.42 Å². The van der Waals surface area contributed by atoms with Crippen molar-refractivity contribution < 1.29 is 14.0 Å². The van der Waals surface area contributed by atoms with Gasteiger partial charge in [0.05, 0.1) is 6.26 Å². The number of nitrogens with zero attached hydrogens (tertiary/aromatic N) is 3.